The monoisotopic (exact) mass is 381 g/mol. The first-order valence-corrected chi connectivity index (χ1v) is 9.35. The average molecular weight is 382 g/mol. The highest BCUT2D eigenvalue weighted by atomic mass is 35.5. The second kappa shape index (κ2) is 7.89. The van der Waals surface area contributed by atoms with Crippen molar-refractivity contribution in [2.45, 2.75) is 6.42 Å². The van der Waals surface area contributed by atoms with Crippen molar-refractivity contribution in [1.29, 1.82) is 0 Å². The Morgan fingerprint density at radius 1 is 1.19 bits per heavy atom. The van der Waals surface area contributed by atoms with Crippen molar-refractivity contribution >= 4 is 23.6 Å². The van der Waals surface area contributed by atoms with Crippen molar-refractivity contribution in [1.82, 2.24) is 5.32 Å². The van der Waals surface area contributed by atoms with Gasteiger partial charge in [0.05, 0.1) is 6.61 Å². The van der Waals surface area contributed by atoms with Crippen LogP contribution in [0.3, 0.4) is 0 Å². The summed E-state index contributed by atoms with van der Waals surface area (Å²) in [6, 6.07) is 13.5. The van der Waals surface area contributed by atoms with Gasteiger partial charge in [0.15, 0.2) is 0 Å². The minimum atomic E-state index is -0.119. The predicted octanol–water partition coefficient (Wildman–Crippen LogP) is 4.04. The van der Waals surface area contributed by atoms with E-state index >= 15 is 0 Å². The first-order chi connectivity index (χ1) is 13.2. The lowest BCUT2D eigenvalue weighted by atomic mass is 9.97. The maximum Gasteiger partial charge on any atom is 0.244 e. The fourth-order valence-corrected chi connectivity index (χ4v) is 3.45. The topological polar surface area (TPSA) is 47.6 Å². The second-order valence-corrected chi connectivity index (χ2v) is 7.19. The molecular formula is C22H20ClNO3. The summed E-state index contributed by atoms with van der Waals surface area (Å²) in [5.41, 5.74) is 3.04. The molecule has 1 amide bonds. The highest BCUT2D eigenvalue weighted by Crippen LogP contribution is 2.29. The Hall–Kier alpha value is -2.72. The van der Waals surface area contributed by atoms with Gasteiger partial charge in [-0.3, -0.25) is 4.79 Å². The minimum absolute atomic E-state index is 0.119. The third-order valence-electron chi connectivity index (χ3n) is 4.68. The molecule has 0 aromatic heterocycles. The number of amides is 1. The molecular weight excluding hydrogens is 362 g/mol. The summed E-state index contributed by atoms with van der Waals surface area (Å²) in [5.74, 6) is 1.92. The van der Waals surface area contributed by atoms with Crippen LogP contribution in [0.5, 0.6) is 11.5 Å². The number of para-hydroxylation sites is 1. The number of hydrogen-bond acceptors (Lipinski definition) is 3. The lowest BCUT2D eigenvalue weighted by molar-refractivity contribution is -0.116. The summed E-state index contributed by atoms with van der Waals surface area (Å²) in [6.45, 7) is 1.65. The molecule has 0 fully saturated rings. The van der Waals surface area contributed by atoms with E-state index in [1.807, 2.05) is 36.4 Å². The van der Waals surface area contributed by atoms with Crippen LogP contribution in [-0.2, 0) is 11.2 Å². The molecule has 2 aliphatic heterocycles. The third kappa shape index (κ3) is 4.34. The van der Waals surface area contributed by atoms with Crippen molar-refractivity contribution < 1.29 is 14.3 Å². The van der Waals surface area contributed by atoms with Crippen LogP contribution in [-0.4, -0.2) is 25.7 Å². The smallest absolute Gasteiger partial charge is 0.244 e. The summed E-state index contributed by atoms with van der Waals surface area (Å²) in [7, 11) is 0. The minimum Gasteiger partial charge on any atom is -0.493 e. The summed E-state index contributed by atoms with van der Waals surface area (Å²) in [4.78, 5) is 12.1. The maximum atomic E-state index is 12.1. The molecule has 1 N–H and O–H groups in total. The maximum absolute atomic E-state index is 12.1. The molecule has 0 saturated carbocycles. The summed E-state index contributed by atoms with van der Waals surface area (Å²) >= 11 is 6.02. The van der Waals surface area contributed by atoms with Gasteiger partial charge in [-0.1, -0.05) is 35.9 Å². The summed E-state index contributed by atoms with van der Waals surface area (Å²) < 4.78 is 11.4. The molecule has 2 aromatic carbocycles. The molecule has 1 atom stereocenters. The van der Waals surface area contributed by atoms with Gasteiger partial charge in [-0.25, -0.2) is 0 Å². The van der Waals surface area contributed by atoms with E-state index in [0.29, 0.717) is 24.8 Å². The number of fused-ring (bicyclic) bond motifs is 2. The molecule has 4 nitrogen and oxygen atoms in total. The zero-order valence-electron chi connectivity index (χ0n) is 14.8. The van der Waals surface area contributed by atoms with Crippen LogP contribution in [0.1, 0.15) is 11.1 Å². The van der Waals surface area contributed by atoms with Gasteiger partial charge in [0, 0.05) is 29.1 Å². The largest absolute Gasteiger partial charge is 0.493 e. The standard InChI is InChI=1S/C22H20ClNO3/c23-19-6-7-21-18(11-19)9-15(13-26-21)5-8-22(25)24-12-16-10-17-3-1-2-4-20(17)27-14-16/h1-9,11,16H,10,12-14H2,(H,24,25)/b8-5+. The van der Waals surface area contributed by atoms with Gasteiger partial charge in [-0.15, -0.1) is 0 Å². The van der Waals surface area contributed by atoms with Crippen LogP contribution >= 0.6 is 11.6 Å². The SMILES string of the molecule is O=C(/C=C/C1=Cc2cc(Cl)ccc2OC1)NCC1COc2ccccc2C1. The van der Waals surface area contributed by atoms with Gasteiger partial charge >= 0.3 is 0 Å². The van der Waals surface area contributed by atoms with Gasteiger partial charge in [0.1, 0.15) is 18.1 Å². The van der Waals surface area contributed by atoms with Crippen LogP contribution in [0.4, 0.5) is 0 Å². The first kappa shape index (κ1) is 17.7. The molecule has 0 bridgehead atoms. The first-order valence-electron chi connectivity index (χ1n) is 8.97. The number of ether oxygens (including phenoxy) is 2. The molecule has 0 saturated heterocycles. The van der Waals surface area contributed by atoms with Gasteiger partial charge in [-0.05, 0) is 47.9 Å². The van der Waals surface area contributed by atoms with Crippen LogP contribution < -0.4 is 14.8 Å². The van der Waals surface area contributed by atoms with Crippen molar-refractivity contribution in [3.8, 4) is 11.5 Å². The predicted molar refractivity (Wildman–Crippen MR) is 106 cm³/mol. The van der Waals surface area contributed by atoms with E-state index in [-0.39, 0.29) is 11.8 Å². The van der Waals surface area contributed by atoms with E-state index in [1.54, 1.807) is 18.2 Å². The Kier molecular flexibility index (Phi) is 5.16. The third-order valence-corrected chi connectivity index (χ3v) is 4.91. The number of carbonyl (C=O) groups excluding carboxylic acids is 1. The summed E-state index contributed by atoms with van der Waals surface area (Å²) in [6.07, 6.45) is 6.23. The molecule has 0 spiro atoms. The highest BCUT2D eigenvalue weighted by Gasteiger charge is 2.19. The molecule has 0 aliphatic carbocycles. The number of carbonyl (C=O) groups is 1. The number of hydrogen-bond donors (Lipinski definition) is 1. The fourth-order valence-electron chi connectivity index (χ4n) is 3.27. The van der Waals surface area contributed by atoms with Gasteiger partial charge in [0.25, 0.3) is 0 Å². The average Bonchev–Trinajstić information content (AvgIpc) is 2.70. The van der Waals surface area contributed by atoms with E-state index in [2.05, 4.69) is 11.4 Å². The molecule has 0 radical (unpaired) electrons. The molecule has 27 heavy (non-hydrogen) atoms. The molecule has 138 valence electrons. The molecule has 2 aliphatic rings. The van der Waals surface area contributed by atoms with E-state index in [4.69, 9.17) is 21.1 Å². The Morgan fingerprint density at radius 2 is 2.07 bits per heavy atom. The lowest BCUT2D eigenvalue weighted by Gasteiger charge is -2.25. The number of halogens is 1. The summed E-state index contributed by atoms with van der Waals surface area (Å²) in [5, 5.41) is 3.62. The van der Waals surface area contributed by atoms with Crippen molar-refractivity contribution in [2.24, 2.45) is 5.92 Å². The van der Waals surface area contributed by atoms with Gasteiger partial charge in [-0.2, -0.15) is 0 Å². The molecule has 5 heteroatoms. The van der Waals surface area contributed by atoms with E-state index in [9.17, 15) is 4.79 Å². The van der Waals surface area contributed by atoms with Crippen molar-refractivity contribution in [3.63, 3.8) is 0 Å². The molecule has 2 aromatic rings. The zero-order valence-corrected chi connectivity index (χ0v) is 15.5. The highest BCUT2D eigenvalue weighted by molar-refractivity contribution is 6.30. The Bertz CT molecular complexity index is 920. The quantitative estimate of drug-likeness (QED) is 0.813. The van der Waals surface area contributed by atoms with Crippen LogP contribution in [0.25, 0.3) is 6.08 Å². The number of rotatable bonds is 4. The van der Waals surface area contributed by atoms with Crippen molar-refractivity contribution in [2.75, 3.05) is 19.8 Å². The van der Waals surface area contributed by atoms with E-state index in [1.165, 1.54) is 5.56 Å². The molecule has 2 heterocycles. The van der Waals surface area contributed by atoms with Crippen LogP contribution in [0, 0.1) is 5.92 Å². The Morgan fingerprint density at radius 3 is 3.00 bits per heavy atom. The fraction of sp³-hybridized carbons (Fsp3) is 0.227. The second-order valence-electron chi connectivity index (χ2n) is 6.76. The molecule has 1 unspecified atom stereocenters. The van der Waals surface area contributed by atoms with Gasteiger partial charge < -0.3 is 14.8 Å². The number of benzene rings is 2. The Labute approximate surface area is 163 Å². The zero-order chi connectivity index (χ0) is 18.6. The van der Waals surface area contributed by atoms with Crippen molar-refractivity contribution in [3.05, 3.63) is 76.3 Å². The number of nitrogens with one attached hydrogen (secondary N) is 1. The van der Waals surface area contributed by atoms with E-state index in [0.717, 1.165) is 29.1 Å². The lowest BCUT2D eigenvalue weighted by Crippen LogP contribution is -2.34. The van der Waals surface area contributed by atoms with Crippen LogP contribution in [0.15, 0.2) is 60.2 Å². The normalized spacial score (nSPS) is 18.0. The van der Waals surface area contributed by atoms with Gasteiger partial charge in [0.2, 0.25) is 5.91 Å². The van der Waals surface area contributed by atoms with Crippen LogP contribution in [0.2, 0.25) is 5.02 Å². The molecule has 4 rings (SSSR count). The van der Waals surface area contributed by atoms with E-state index < -0.39 is 0 Å². The Balaban J connectivity index is 1.31.